The molecule has 0 spiro atoms. The lowest BCUT2D eigenvalue weighted by atomic mass is 10.0. The highest BCUT2D eigenvalue weighted by molar-refractivity contribution is 7.10. The van der Waals surface area contributed by atoms with Crippen LogP contribution in [0.4, 0.5) is 0 Å². The fourth-order valence-corrected chi connectivity index (χ4v) is 3.84. The van der Waals surface area contributed by atoms with E-state index in [0.29, 0.717) is 0 Å². The molecule has 5 heteroatoms. The molecule has 2 N–H and O–H groups in total. The lowest BCUT2D eigenvalue weighted by molar-refractivity contribution is 0.203. The summed E-state index contributed by atoms with van der Waals surface area (Å²) < 4.78 is 0. The van der Waals surface area contributed by atoms with E-state index in [2.05, 4.69) is 46.7 Å². The molecule has 0 saturated carbocycles. The zero-order valence-electron chi connectivity index (χ0n) is 11.7. The van der Waals surface area contributed by atoms with Crippen LogP contribution in [0.2, 0.25) is 0 Å². The second-order valence-electron chi connectivity index (χ2n) is 4.81. The molecular formula is C14H21N3S2. The van der Waals surface area contributed by atoms with E-state index >= 15 is 0 Å². The first-order valence-corrected chi connectivity index (χ1v) is 8.28. The highest BCUT2D eigenvalue weighted by Gasteiger charge is 2.24. The van der Waals surface area contributed by atoms with Gasteiger partial charge in [-0.25, -0.2) is 4.98 Å². The summed E-state index contributed by atoms with van der Waals surface area (Å²) in [4.78, 5) is 8.19. The lowest BCUT2D eigenvalue weighted by Crippen LogP contribution is -2.38. The van der Waals surface area contributed by atoms with E-state index in [9.17, 15) is 0 Å². The Kier molecular flexibility index (Phi) is 5.10. The van der Waals surface area contributed by atoms with E-state index in [4.69, 9.17) is 5.73 Å². The highest BCUT2D eigenvalue weighted by atomic mass is 32.1. The molecule has 0 aliphatic rings. The van der Waals surface area contributed by atoms with Gasteiger partial charge < -0.3 is 5.73 Å². The minimum Gasteiger partial charge on any atom is -0.326 e. The summed E-state index contributed by atoms with van der Waals surface area (Å²) in [6, 6.07) is 4.69. The molecule has 104 valence electrons. The Balaban J connectivity index is 2.14. The molecule has 0 aliphatic carbocycles. The first-order valence-electron chi connectivity index (χ1n) is 6.52. The van der Waals surface area contributed by atoms with Gasteiger partial charge in [-0.05, 0) is 31.8 Å². The molecular weight excluding hydrogens is 274 g/mol. The van der Waals surface area contributed by atoms with Crippen LogP contribution in [-0.2, 0) is 6.54 Å². The van der Waals surface area contributed by atoms with Gasteiger partial charge in [-0.2, -0.15) is 0 Å². The number of nitrogens with two attached hydrogens (primary N) is 1. The van der Waals surface area contributed by atoms with Crippen molar-refractivity contribution in [2.45, 2.75) is 38.9 Å². The monoisotopic (exact) mass is 295 g/mol. The van der Waals surface area contributed by atoms with Crippen molar-refractivity contribution in [3.63, 3.8) is 0 Å². The first-order chi connectivity index (χ1) is 9.11. The quantitative estimate of drug-likeness (QED) is 0.888. The zero-order chi connectivity index (χ0) is 13.8. The summed E-state index contributed by atoms with van der Waals surface area (Å²) in [6.07, 6.45) is 0.975. The third-order valence-electron chi connectivity index (χ3n) is 3.26. The molecule has 0 fully saturated rings. The standard InChI is InChI=1S/C14H21N3S2/c1-4-12(15)14(13-6-5-7-18-13)17(3)8-11-9-19-10(2)16-11/h5-7,9,12,14H,4,8,15H2,1-3H3. The van der Waals surface area contributed by atoms with Crippen molar-refractivity contribution >= 4 is 22.7 Å². The highest BCUT2D eigenvalue weighted by Crippen LogP contribution is 2.29. The van der Waals surface area contributed by atoms with Crippen molar-refractivity contribution < 1.29 is 0 Å². The molecule has 3 nitrogen and oxygen atoms in total. The molecule has 2 aromatic heterocycles. The van der Waals surface area contributed by atoms with Crippen molar-refractivity contribution in [1.29, 1.82) is 0 Å². The molecule has 2 heterocycles. The summed E-state index contributed by atoms with van der Waals surface area (Å²) >= 11 is 3.48. The topological polar surface area (TPSA) is 42.1 Å². The Hall–Kier alpha value is -0.750. The zero-order valence-corrected chi connectivity index (χ0v) is 13.3. The van der Waals surface area contributed by atoms with Crippen LogP contribution in [0.25, 0.3) is 0 Å². The molecule has 0 amide bonds. The molecule has 0 bridgehead atoms. The van der Waals surface area contributed by atoms with Gasteiger partial charge in [0.1, 0.15) is 0 Å². The van der Waals surface area contributed by atoms with Crippen LogP contribution in [0, 0.1) is 6.92 Å². The van der Waals surface area contributed by atoms with Gasteiger partial charge in [0.05, 0.1) is 16.7 Å². The number of hydrogen-bond donors (Lipinski definition) is 1. The maximum absolute atomic E-state index is 6.32. The minimum absolute atomic E-state index is 0.156. The number of thiophene rings is 1. The normalized spacial score (nSPS) is 14.8. The number of rotatable bonds is 6. The van der Waals surface area contributed by atoms with Crippen LogP contribution in [0.3, 0.4) is 0 Å². The molecule has 0 aliphatic heterocycles. The number of likely N-dealkylation sites (N-methyl/N-ethyl adjacent to an activating group) is 1. The smallest absolute Gasteiger partial charge is 0.0897 e. The van der Waals surface area contributed by atoms with Gasteiger partial charge in [0.15, 0.2) is 0 Å². The van der Waals surface area contributed by atoms with Crippen molar-refractivity contribution in [3.05, 3.63) is 38.5 Å². The summed E-state index contributed by atoms with van der Waals surface area (Å²) in [6.45, 7) is 5.04. The van der Waals surface area contributed by atoms with E-state index in [0.717, 1.165) is 23.7 Å². The Bertz CT molecular complexity index is 493. The van der Waals surface area contributed by atoms with Gasteiger partial charge in [-0.3, -0.25) is 4.90 Å². The SMILES string of the molecule is CCC(N)C(c1cccs1)N(C)Cc1csc(C)n1. The minimum atomic E-state index is 0.156. The largest absolute Gasteiger partial charge is 0.326 e. The Morgan fingerprint density at radius 1 is 1.42 bits per heavy atom. The molecule has 19 heavy (non-hydrogen) atoms. The number of hydrogen-bond acceptors (Lipinski definition) is 5. The first kappa shape index (κ1) is 14.7. The molecule has 0 saturated heterocycles. The van der Waals surface area contributed by atoms with E-state index in [1.54, 1.807) is 22.7 Å². The number of aryl methyl sites for hydroxylation is 1. The van der Waals surface area contributed by atoms with Gasteiger partial charge in [0.2, 0.25) is 0 Å². The second-order valence-corrected chi connectivity index (χ2v) is 6.85. The van der Waals surface area contributed by atoms with Crippen LogP contribution in [0.5, 0.6) is 0 Å². The third-order valence-corrected chi connectivity index (χ3v) is 5.03. The van der Waals surface area contributed by atoms with E-state index in [1.807, 2.05) is 6.92 Å². The molecule has 2 unspecified atom stereocenters. The van der Waals surface area contributed by atoms with Crippen LogP contribution in [0.1, 0.15) is 35.0 Å². The van der Waals surface area contributed by atoms with Crippen molar-refractivity contribution in [3.8, 4) is 0 Å². The van der Waals surface area contributed by atoms with E-state index in [-0.39, 0.29) is 12.1 Å². The van der Waals surface area contributed by atoms with Gasteiger partial charge in [-0.1, -0.05) is 13.0 Å². The Morgan fingerprint density at radius 2 is 2.21 bits per heavy atom. The van der Waals surface area contributed by atoms with Gasteiger partial charge in [-0.15, -0.1) is 22.7 Å². The maximum atomic E-state index is 6.32. The van der Waals surface area contributed by atoms with E-state index in [1.165, 1.54) is 4.88 Å². The van der Waals surface area contributed by atoms with Crippen LogP contribution in [0.15, 0.2) is 22.9 Å². The summed E-state index contributed by atoms with van der Waals surface area (Å²) in [7, 11) is 2.13. The Morgan fingerprint density at radius 3 is 2.74 bits per heavy atom. The molecule has 2 rings (SSSR count). The summed E-state index contributed by atoms with van der Waals surface area (Å²) in [5, 5.41) is 5.37. The van der Waals surface area contributed by atoms with E-state index < -0.39 is 0 Å². The second kappa shape index (κ2) is 6.61. The number of nitrogens with zero attached hydrogens (tertiary/aromatic N) is 2. The van der Waals surface area contributed by atoms with Crippen molar-refractivity contribution in [2.75, 3.05) is 7.05 Å². The number of aromatic nitrogens is 1. The molecule has 2 aromatic rings. The molecule has 0 radical (unpaired) electrons. The van der Waals surface area contributed by atoms with Crippen LogP contribution < -0.4 is 5.73 Å². The Labute approximate surface area is 123 Å². The molecule has 2 atom stereocenters. The summed E-state index contributed by atoms with van der Waals surface area (Å²) in [5.74, 6) is 0. The fourth-order valence-electron chi connectivity index (χ4n) is 2.27. The lowest BCUT2D eigenvalue weighted by Gasteiger charge is -2.31. The average Bonchev–Trinajstić information content (AvgIpc) is 3.01. The van der Waals surface area contributed by atoms with Gasteiger partial charge >= 0.3 is 0 Å². The van der Waals surface area contributed by atoms with Gasteiger partial charge in [0.25, 0.3) is 0 Å². The van der Waals surface area contributed by atoms with Crippen LogP contribution in [-0.4, -0.2) is 23.0 Å². The third kappa shape index (κ3) is 3.63. The predicted molar refractivity (Wildman–Crippen MR) is 83.6 cm³/mol. The average molecular weight is 295 g/mol. The maximum Gasteiger partial charge on any atom is 0.0897 e. The molecule has 0 aromatic carbocycles. The summed E-state index contributed by atoms with van der Waals surface area (Å²) in [5.41, 5.74) is 7.45. The number of thiazole rings is 1. The van der Waals surface area contributed by atoms with Crippen LogP contribution >= 0.6 is 22.7 Å². The van der Waals surface area contributed by atoms with Crippen molar-refractivity contribution in [1.82, 2.24) is 9.88 Å². The fraction of sp³-hybridized carbons (Fsp3) is 0.500. The predicted octanol–water partition coefficient (Wildman–Crippen LogP) is 3.42. The van der Waals surface area contributed by atoms with Gasteiger partial charge in [0, 0.05) is 22.8 Å². The van der Waals surface area contributed by atoms with Crippen molar-refractivity contribution in [2.24, 2.45) is 5.73 Å².